The molecule has 18 heavy (non-hydrogen) atoms. The van der Waals surface area contributed by atoms with Crippen LogP contribution in [0.25, 0.3) is 0 Å². The second-order valence-corrected chi connectivity index (χ2v) is 6.50. The third-order valence-electron chi connectivity index (χ3n) is 5.59. The van der Waals surface area contributed by atoms with E-state index < -0.39 is 0 Å². The molecule has 2 aliphatic carbocycles. The molecule has 1 aliphatic heterocycles. The third kappa shape index (κ3) is 2.59. The Balaban J connectivity index is 1.49. The highest BCUT2D eigenvalue weighted by molar-refractivity contribution is 4.89. The molecule has 1 unspecified atom stereocenters. The van der Waals surface area contributed by atoms with Crippen molar-refractivity contribution in [2.24, 2.45) is 11.7 Å². The molecule has 2 saturated carbocycles. The molecule has 3 fully saturated rings. The molecule has 0 aromatic carbocycles. The smallest absolute Gasteiger partial charge is 0.0247 e. The minimum absolute atomic E-state index is 0.685. The highest BCUT2D eigenvalue weighted by atomic mass is 15.3. The standard InChI is InChI=1S/C15H29N3/c16-12-15(13-4-3-5-13)18-10-8-17(9-11-18)14-6-1-2-7-14/h13-15H,1-12,16H2. The fourth-order valence-corrected chi connectivity index (χ4v) is 4.17. The van der Waals surface area contributed by atoms with Crippen molar-refractivity contribution in [3.05, 3.63) is 0 Å². The Labute approximate surface area is 112 Å². The van der Waals surface area contributed by atoms with Gasteiger partial charge in [0.05, 0.1) is 0 Å². The molecule has 0 bridgehead atoms. The van der Waals surface area contributed by atoms with Crippen molar-refractivity contribution in [2.45, 2.75) is 57.0 Å². The summed E-state index contributed by atoms with van der Waals surface area (Å²) in [6.45, 7) is 5.96. The van der Waals surface area contributed by atoms with Gasteiger partial charge in [-0.25, -0.2) is 0 Å². The van der Waals surface area contributed by atoms with Crippen molar-refractivity contribution in [2.75, 3.05) is 32.7 Å². The fourth-order valence-electron chi connectivity index (χ4n) is 4.17. The summed E-state index contributed by atoms with van der Waals surface area (Å²) < 4.78 is 0. The Morgan fingerprint density at radius 1 is 0.889 bits per heavy atom. The number of nitrogens with zero attached hydrogens (tertiary/aromatic N) is 2. The molecule has 1 atom stereocenters. The van der Waals surface area contributed by atoms with Gasteiger partial charge in [0.25, 0.3) is 0 Å². The number of hydrogen-bond acceptors (Lipinski definition) is 3. The maximum atomic E-state index is 6.02. The van der Waals surface area contributed by atoms with Crippen LogP contribution in [-0.2, 0) is 0 Å². The molecule has 0 amide bonds. The molecule has 3 nitrogen and oxygen atoms in total. The zero-order valence-electron chi connectivity index (χ0n) is 11.7. The van der Waals surface area contributed by atoms with Crippen molar-refractivity contribution in [1.82, 2.24) is 9.80 Å². The summed E-state index contributed by atoms with van der Waals surface area (Å²) >= 11 is 0. The second-order valence-electron chi connectivity index (χ2n) is 6.50. The van der Waals surface area contributed by atoms with Crippen molar-refractivity contribution in [3.63, 3.8) is 0 Å². The van der Waals surface area contributed by atoms with E-state index in [0.717, 1.165) is 18.5 Å². The van der Waals surface area contributed by atoms with Crippen LogP contribution < -0.4 is 5.73 Å². The van der Waals surface area contributed by atoms with Crippen LogP contribution in [0.3, 0.4) is 0 Å². The van der Waals surface area contributed by atoms with Crippen LogP contribution in [0.4, 0.5) is 0 Å². The lowest BCUT2D eigenvalue weighted by atomic mass is 9.79. The first kappa shape index (κ1) is 12.9. The van der Waals surface area contributed by atoms with E-state index in [1.54, 1.807) is 0 Å². The first-order chi connectivity index (χ1) is 8.88. The van der Waals surface area contributed by atoms with E-state index in [2.05, 4.69) is 9.80 Å². The quantitative estimate of drug-likeness (QED) is 0.825. The van der Waals surface area contributed by atoms with Gasteiger partial charge in [-0.15, -0.1) is 0 Å². The van der Waals surface area contributed by atoms with Gasteiger partial charge in [-0.1, -0.05) is 19.3 Å². The number of hydrogen-bond donors (Lipinski definition) is 1. The van der Waals surface area contributed by atoms with E-state index in [-0.39, 0.29) is 0 Å². The van der Waals surface area contributed by atoms with E-state index in [1.807, 2.05) is 0 Å². The first-order valence-electron chi connectivity index (χ1n) is 8.06. The lowest BCUT2D eigenvalue weighted by Gasteiger charge is -2.45. The van der Waals surface area contributed by atoms with Gasteiger partial charge in [0.2, 0.25) is 0 Å². The largest absolute Gasteiger partial charge is 0.329 e. The maximum absolute atomic E-state index is 6.02. The third-order valence-corrected chi connectivity index (χ3v) is 5.59. The summed E-state index contributed by atoms with van der Waals surface area (Å²) in [6, 6.07) is 1.59. The van der Waals surface area contributed by atoms with E-state index in [4.69, 9.17) is 5.73 Å². The van der Waals surface area contributed by atoms with Crippen LogP contribution >= 0.6 is 0 Å². The fraction of sp³-hybridized carbons (Fsp3) is 1.00. The predicted octanol–water partition coefficient (Wildman–Crippen LogP) is 1.67. The number of nitrogens with two attached hydrogens (primary N) is 1. The lowest BCUT2D eigenvalue weighted by molar-refractivity contribution is 0.0353. The Morgan fingerprint density at radius 3 is 2.06 bits per heavy atom. The Morgan fingerprint density at radius 2 is 1.56 bits per heavy atom. The molecule has 0 radical (unpaired) electrons. The molecule has 2 N–H and O–H groups in total. The van der Waals surface area contributed by atoms with Gasteiger partial charge in [-0.3, -0.25) is 9.80 Å². The summed E-state index contributed by atoms with van der Waals surface area (Å²) in [7, 11) is 0. The van der Waals surface area contributed by atoms with Gasteiger partial charge in [0, 0.05) is 44.8 Å². The van der Waals surface area contributed by atoms with Crippen molar-refractivity contribution < 1.29 is 0 Å². The van der Waals surface area contributed by atoms with Gasteiger partial charge < -0.3 is 5.73 Å². The molecule has 3 rings (SSSR count). The average molecular weight is 251 g/mol. The Hall–Kier alpha value is -0.120. The summed E-state index contributed by atoms with van der Waals surface area (Å²) in [5, 5.41) is 0. The second kappa shape index (κ2) is 5.89. The molecule has 3 aliphatic rings. The minimum atomic E-state index is 0.685. The summed E-state index contributed by atoms with van der Waals surface area (Å²) in [5.74, 6) is 0.910. The molecule has 3 heteroatoms. The predicted molar refractivity (Wildman–Crippen MR) is 75.6 cm³/mol. The molecule has 0 spiro atoms. The normalized spacial score (nSPS) is 30.5. The van der Waals surface area contributed by atoms with Crippen molar-refractivity contribution in [1.29, 1.82) is 0 Å². The van der Waals surface area contributed by atoms with E-state index >= 15 is 0 Å². The summed E-state index contributed by atoms with van der Waals surface area (Å²) in [4.78, 5) is 5.44. The Bertz CT molecular complexity index is 250. The zero-order valence-corrected chi connectivity index (χ0v) is 11.7. The van der Waals surface area contributed by atoms with Crippen LogP contribution in [-0.4, -0.2) is 54.6 Å². The monoisotopic (exact) mass is 251 g/mol. The molecule has 1 saturated heterocycles. The van der Waals surface area contributed by atoms with Crippen LogP contribution in [0.15, 0.2) is 0 Å². The molecule has 0 aromatic rings. The van der Waals surface area contributed by atoms with Gasteiger partial charge in [-0.05, 0) is 31.6 Å². The highest BCUT2D eigenvalue weighted by Crippen LogP contribution is 2.32. The van der Waals surface area contributed by atoms with Gasteiger partial charge in [0.1, 0.15) is 0 Å². The molecule has 0 aromatic heterocycles. The number of piperazine rings is 1. The Kier molecular flexibility index (Phi) is 4.22. The lowest BCUT2D eigenvalue weighted by Crippen LogP contribution is -2.57. The van der Waals surface area contributed by atoms with E-state index in [9.17, 15) is 0 Å². The first-order valence-corrected chi connectivity index (χ1v) is 8.06. The van der Waals surface area contributed by atoms with Crippen LogP contribution in [0.2, 0.25) is 0 Å². The van der Waals surface area contributed by atoms with Crippen molar-refractivity contribution >= 4 is 0 Å². The van der Waals surface area contributed by atoms with E-state index in [0.29, 0.717) is 6.04 Å². The maximum Gasteiger partial charge on any atom is 0.0247 e. The molecule has 1 heterocycles. The minimum Gasteiger partial charge on any atom is -0.329 e. The van der Waals surface area contributed by atoms with Crippen LogP contribution in [0.1, 0.15) is 44.9 Å². The topological polar surface area (TPSA) is 32.5 Å². The van der Waals surface area contributed by atoms with Gasteiger partial charge >= 0.3 is 0 Å². The summed E-state index contributed by atoms with van der Waals surface area (Å²) in [5.41, 5.74) is 6.02. The average Bonchev–Trinajstić information content (AvgIpc) is 2.87. The molecular weight excluding hydrogens is 222 g/mol. The SMILES string of the molecule is NCC(C1CCC1)N1CCN(C2CCCC2)CC1. The van der Waals surface area contributed by atoms with Gasteiger partial charge in [0.15, 0.2) is 0 Å². The highest BCUT2D eigenvalue weighted by Gasteiger charge is 2.33. The molecule has 104 valence electrons. The van der Waals surface area contributed by atoms with Crippen LogP contribution in [0.5, 0.6) is 0 Å². The van der Waals surface area contributed by atoms with Crippen LogP contribution in [0, 0.1) is 5.92 Å². The molecular formula is C15H29N3. The van der Waals surface area contributed by atoms with Crippen molar-refractivity contribution in [3.8, 4) is 0 Å². The van der Waals surface area contributed by atoms with E-state index in [1.165, 1.54) is 71.1 Å². The number of rotatable bonds is 4. The zero-order chi connectivity index (χ0) is 12.4. The summed E-state index contributed by atoms with van der Waals surface area (Å²) in [6.07, 6.45) is 10.1. The van der Waals surface area contributed by atoms with Gasteiger partial charge in [-0.2, -0.15) is 0 Å².